The van der Waals surface area contributed by atoms with Crippen molar-refractivity contribution in [3.05, 3.63) is 52.8 Å². The van der Waals surface area contributed by atoms with E-state index in [1.807, 2.05) is 4.90 Å². The van der Waals surface area contributed by atoms with Crippen molar-refractivity contribution in [2.24, 2.45) is 5.41 Å². The number of benzene rings is 2. The van der Waals surface area contributed by atoms with Crippen molar-refractivity contribution in [2.45, 2.75) is 83.7 Å². The standard InChI is InChI=1S/C39H44ClF2IN8O4/c1-22-18-43(19-23(2)55-22)50-14-6-12-39(11-5-10-29(39)50)21-54-38-45-34-31(36(46-38)49-13-7-15-51-28(20-49)35(40)47-48-51)37(53-3)44-33(32(34)42)26-17-25(52)16-24-8-4-9-27(41)30(24)26/h4,8-9,16-17,22-23,29,52H,5-7,10-15,18-21H2,1-3H3/t22-,23+,29?,39-/m1/s1. The summed E-state index contributed by atoms with van der Waals surface area (Å²) in [5.41, 5.74) is 0.415. The van der Waals surface area contributed by atoms with Gasteiger partial charge in [0.25, 0.3) is 0 Å². The van der Waals surface area contributed by atoms with Crippen molar-refractivity contribution in [3.63, 3.8) is 0 Å². The number of phenolic OH excluding ortho intramolecular Hbond substituents is 1. The first-order valence-corrected chi connectivity index (χ1v) is 23.4. The first-order chi connectivity index (χ1) is 26.6. The number of hydrogen-bond acceptors (Lipinski definition) is 11. The van der Waals surface area contributed by atoms with Crippen LogP contribution in [0.4, 0.5) is 14.6 Å². The van der Waals surface area contributed by atoms with E-state index in [2.05, 4.69) is 32.3 Å². The maximum atomic E-state index is 17.3. The third-order valence-electron chi connectivity index (χ3n) is 11.6. The van der Waals surface area contributed by atoms with Crippen LogP contribution in [0.2, 0.25) is 5.15 Å². The van der Waals surface area contributed by atoms with Crippen molar-refractivity contribution in [1.82, 2.24) is 33.1 Å². The number of alkyl halides is 2. The summed E-state index contributed by atoms with van der Waals surface area (Å²) in [7, 11) is 1.44. The number of ether oxygens (including phenoxy) is 3. The zero-order valence-corrected chi connectivity index (χ0v) is 34.0. The van der Waals surface area contributed by atoms with E-state index in [9.17, 15) is 5.11 Å². The fourth-order valence-corrected chi connectivity index (χ4v) is 17.0. The van der Waals surface area contributed by atoms with E-state index in [1.165, 1.54) is 40.2 Å². The topological polar surface area (TPSA) is 124 Å². The Balaban J connectivity index is 1.16. The molecule has 4 atom stereocenters. The number of aromatic hydroxyl groups is 1. The number of aryl methyl sites for hydroxylation is 1. The van der Waals surface area contributed by atoms with Crippen LogP contribution < -0.4 is 14.4 Å². The van der Waals surface area contributed by atoms with Gasteiger partial charge in [0.05, 0.1) is 0 Å². The fraction of sp³-hybridized carbons (Fsp3) is 0.513. The van der Waals surface area contributed by atoms with Gasteiger partial charge in [0.15, 0.2) is 0 Å². The number of hydrogen-bond donors (Lipinski definition) is 1. The average molecular weight is 889 g/mol. The van der Waals surface area contributed by atoms with Gasteiger partial charge in [-0.1, -0.05) is 28.9 Å². The van der Waals surface area contributed by atoms with Crippen LogP contribution in [0.15, 0.2) is 30.3 Å². The molecular formula is C39H44ClF2IN8O4. The summed E-state index contributed by atoms with van der Waals surface area (Å²) < 4.78 is 58.4. The number of rotatable bonds is 7. The van der Waals surface area contributed by atoms with Gasteiger partial charge < -0.3 is 5.11 Å². The number of phenols is 1. The number of methoxy groups -OCH3 is 1. The number of fused-ring (bicyclic) bond motifs is 4. The van der Waals surface area contributed by atoms with Gasteiger partial charge in [0.1, 0.15) is 11.6 Å². The fourth-order valence-electron chi connectivity index (χ4n) is 9.30. The van der Waals surface area contributed by atoms with Gasteiger partial charge in [-0.15, -0.1) is 5.10 Å². The second kappa shape index (κ2) is 14.7. The molecule has 0 spiro atoms. The molecule has 292 valence electrons. The Morgan fingerprint density at radius 1 is 1.02 bits per heavy atom. The third-order valence-corrected chi connectivity index (χ3v) is 19.3. The van der Waals surface area contributed by atoms with Crippen LogP contribution >= 0.6 is 31.7 Å². The third kappa shape index (κ3) is 6.61. The quantitative estimate of drug-likeness (QED) is 0.0982. The number of nitrogens with zero attached hydrogens (tertiary/aromatic N) is 8. The predicted octanol–water partition coefficient (Wildman–Crippen LogP) is 7.73. The Morgan fingerprint density at radius 3 is 2.65 bits per heavy atom. The van der Waals surface area contributed by atoms with E-state index < -0.39 is 31.7 Å². The SMILES string of the molecule is COc1nc(-c2cc(O)cc3cccc(F)c23)c(F)c2nc(OC[C@]34CCCC3N(I3C[C@@H](C)O[C@@H](C)C3)CCC4)nc(N3CCCn4nnc(Cl)c4C3)c12. The second-order valence-electron chi connectivity index (χ2n) is 15.3. The van der Waals surface area contributed by atoms with Crippen molar-refractivity contribution in [1.29, 1.82) is 0 Å². The molecule has 3 aliphatic heterocycles. The Bertz CT molecular complexity index is 2270. The number of aromatic nitrogens is 6. The maximum absolute atomic E-state index is 17.3. The van der Waals surface area contributed by atoms with Gasteiger partial charge in [-0.25, -0.2) is 4.39 Å². The average Bonchev–Trinajstić information content (AvgIpc) is 3.68. The van der Waals surface area contributed by atoms with Crippen LogP contribution in [0.25, 0.3) is 32.9 Å². The summed E-state index contributed by atoms with van der Waals surface area (Å²) in [4.78, 5) is 16.4. The summed E-state index contributed by atoms with van der Waals surface area (Å²) in [6, 6.07) is 7.69. The van der Waals surface area contributed by atoms with E-state index in [1.54, 1.807) is 10.7 Å². The van der Waals surface area contributed by atoms with Gasteiger partial charge in [-0.3, -0.25) is 0 Å². The number of pyridine rings is 1. The molecule has 4 aliphatic rings. The Hall–Kier alpha value is -3.67. The molecule has 3 aromatic heterocycles. The van der Waals surface area contributed by atoms with Gasteiger partial charge in [0.2, 0.25) is 0 Å². The molecule has 0 amide bonds. The van der Waals surface area contributed by atoms with Crippen molar-refractivity contribution in [3.8, 4) is 28.9 Å². The van der Waals surface area contributed by atoms with Crippen molar-refractivity contribution >= 4 is 59.2 Å². The molecule has 1 aliphatic carbocycles. The molecule has 2 saturated heterocycles. The Labute approximate surface area is 330 Å². The van der Waals surface area contributed by atoms with E-state index in [-0.39, 0.29) is 68.0 Å². The van der Waals surface area contributed by atoms with Crippen molar-refractivity contribution < 1.29 is 28.1 Å². The van der Waals surface area contributed by atoms with Crippen LogP contribution in [0.5, 0.6) is 17.6 Å². The van der Waals surface area contributed by atoms with Gasteiger partial charge in [-0.2, -0.15) is 0 Å². The summed E-state index contributed by atoms with van der Waals surface area (Å²) >= 11 is 5.07. The Kier molecular flexibility index (Phi) is 9.86. The molecule has 3 fully saturated rings. The minimum atomic E-state index is -1.45. The first kappa shape index (κ1) is 36.9. The first-order valence-electron chi connectivity index (χ1n) is 19.0. The number of piperidine rings is 1. The van der Waals surface area contributed by atoms with E-state index in [0.29, 0.717) is 55.6 Å². The monoisotopic (exact) mass is 888 g/mol. The second-order valence-corrected chi connectivity index (χ2v) is 21.1. The van der Waals surface area contributed by atoms with E-state index >= 15 is 8.78 Å². The molecule has 2 aromatic carbocycles. The summed E-state index contributed by atoms with van der Waals surface area (Å²) in [6.07, 6.45) is 6.73. The van der Waals surface area contributed by atoms with Crippen LogP contribution in [0, 0.1) is 17.0 Å². The zero-order chi connectivity index (χ0) is 38.0. The number of halogens is 4. The minimum absolute atomic E-state index is 0.0406. The molecule has 0 bridgehead atoms. The predicted molar refractivity (Wildman–Crippen MR) is 214 cm³/mol. The molecule has 9 rings (SSSR count). The summed E-state index contributed by atoms with van der Waals surface area (Å²) in [6.45, 7) is 7.38. The molecule has 1 N–H and O–H groups in total. The van der Waals surface area contributed by atoms with E-state index in [4.69, 9.17) is 35.8 Å². The molecule has 0 radical (unpaired) electrons. The summed E-state index contributed by atoms with van der Waals surface area (Å²) in [5.74, 6) is -1.13. The molecule has 6 heterocycles. The normalized spacial score (nSPS) is 25.2. The molecule has 5 aromatic rings. The van der Waals surface area contributed by atoms with E-state index in [0.717, 1.165) is 38.6 Å². The Morgan fingerprint density at radius 2 is 1.84 bits per heavy atom. The molecule has 12 nitrogen and oxygen atoms in total. The van der Waals surface area contributed by atoms with Gasteiger partial charge >= 0.3 is 259 Å². The number of anilines is 1. The van der Waals surface area contributed by atoms with Crippen LogP contribution in [0.1, 0.15) is 58.1 Å². The molecular weight excluding hydrogens is 845 g/mol. The molecule has 55 heavy (non-hydrogen) atoms. The molecule has 1 unspecified atom stereocenters. The molecule has 1 saturated carbocycles. The zero-order valence-electron chi connectivity index (χ0n) is 31.1. The van der Waals surface area contributed by atoms with Crippen LogP contribution in [-0.4, -0.2) is 92.1 Å². The van der Waals surface area contributed by atoms with Crippen LogP contribution in [0.3, 0.4) is 0 Å². The molecule has 16 heteroatoms. The van der Waals surface area contributed by atoms with Gasteiger partial charge in [0, 0.05) is 0 Å². The van der Waals surface area contributed by atoms with Gasteiger partial charge in [-0.05, 0) is 17.5 Å². The summed E-state index contributed by atoms with van der Waals surface area (Å²) in [5, 5.41) is 20.0. The van der Waals surface area contributed by atoms with Crippen molar-refractivity contribution in [2.75, 3.05) is 40.6 Å². The van der Waals surface area contributed by atoms with Crippen LogP contribution in [-0.2, 0) is 17.8 Å².